The number of aliphatic hydroxyl groups excluding tert-OH is 1. The molecule has 130 valence electrons. The van der Waals surface area contributed by atoms with Gasteiger partial charge in [0, 0.05) is 18.0 Å². The third-order valence-corrected chi connectivity index (χ3v) is 5.17. The van der Waals surface area contributed by atoms with E-state index >= 15 is 0 Å². The average Bonchev–Trinajstić information content (AvgIpc) is 2.57. The molecular formula is C19H26N2O3. The fourth-order valence-electron chi connectivity index (χ4n) is 3.62. The van der Waals surface area contributed by atoms with Crippen LogP contribution in [0.25, 0.3) is 10.9 Å². The van der Waals surface area contributed by atoms with Gasteiger partial charge in [-0.2, -0.15) is 0 Å². The van der Waals surface area contributed by atoms with Crippen molar-refractivity contribution in [1.82, 2.24) is 10.3 Å². The van der Waals surface area contributed by atoms with Crippen molar-refractivity contribution < 1.29 is 10.2 Å². The molecule has 0 aliphatic heterocycles. The van der Waals surface area contributed by atoms with Crippen molar-refractivity contribution in [2.45, 2.75) is 38.7 Å². The molecule has 1 heterocycles. The molecule has 3 rings (SSSR count). The van der Waals surface area contributed by atoms with Gasteiger partial charge in [0.15, 0.2) is 0 Å². The third-order valence-electron chi connectivity index (χ3n) is 5.17. The first-order valence-electron chi connectivity index (χ1n) is 8.78. The van der Waals surface area contributed by atoms with Crippen molar-refractivity contribution in [3.8, 4) is 5.75 Å². The van der Waals surface area contributed by atoms with Crippen LogP contribution < -0.4 is 10.9 Å². The van der Waals surface area contributed by atoms with Gasteiger partial charge in [0.25, 0.3) is 0 Å². The Bertz CT molecular complexity index is 748. The van der Waals surface area contributed by atoms with E-state index in [-0.39, 0.29) is 11.3 Å². The Hall–Kier alpha value is -1.85. The molecule has 24 heavy (non-hydrogen) atoms. The standard InChI is InChI=1S/C19H26N2O3/c1-12-2-4-13(5-3-12)10-20-11-17(23)14-6-8-16(22)19-15(14)7-9-18(24)21-19/h6-9,12-13,17,20,22-23H,2-5,10-11H2,1H3,(H,21,24)/t12?,13?,17-/m0/s1. The smallest absolute Gasteiger partial charge is 0.248 e. The van der Waals surface area contributed by atoms with E-state index in [2.05, 4.69) is 17.2 Å². The lowest BCUT2D eigenvalue weighted by molar-refractivity contribution is 0.170. The number of aromatic nitrogens is 1. The minimum Gasteiger partial charge on any atom is -0.506 e. The Kier molecular flexibility index (Phi) is 5.21. The number of nitrogens with one attached hydrogen (secondary N) is 2. The number of benzene rings is 1. The van der Waals surface area contributed by atoms with Gasteiger partial charge in [-0.15, -0.1) is 0 Å². The molecular weight excluding hydrogens is 304 g/mol. The number of pyridine rings is 1. The van der Waals surface area contributed by atoms with E-state index in [1.165, 1.54) is 37.8 Å². The first-order valence-corrected chi connectivity index (χ1v) is 8.78. The van der Waals surface area contributed by atoms with E-state index in [1.807, 2.05) is 0 Å². The maximum Gasteiger partial charge on any atom is 0.248 e. The van der Waals surface area contributed by atoms with Crippen LogP contribution in [0.3, 0.4) is 0 Å². The van der Waals surface area contributed by atoms with Gasteiger partial charge in [0.2, 0.25) is 5.56 Å². The highest BCUT2D eigenvalue weighted by Gasteiger charge is 2.19. The molecule has 1 atom stereocenters. The molecule has 0 bridgehead atoms. The van der Waals surface area contributed by atoms with Gasteiger partial charge < -0.3 is 20.5 Å². The van der Waals surface area contributed by atoms with Crippen molar-refractivity contribution in [2.75, 3.05) is 13.1 Å². The van der Waals surface area contributed by atoms with E-state index < -0.39 is 6.10 Å². The van der Waals surface area contributed by atoms with Crippen LogP contribution in [0.4, 0.5) is 0 Å². The molecule has 1 aromatic heterocycles. The fraction of sp³-hybridized carbons (Fsp3) is 0.526. The summed E-state index contributed by atoms with van der Waals surface area (Å²) in [5, 5.41) is 24.5. The van der Waals surface area contributed by atoms with Crippen molar-refractivity contribution in [3.05, 3.63) is 40.2 Å². The number of phenols is 1. The molecule has 2 aromatic rings. The maximum absolute atomic E-state index is 11.4. The van der Waals surface area contributed by atoms with Gasteiger partial charge in [0.05, 0.1) is 11.6 Å². The number of rotatable bonds is 5. The highest BCUT2D eigenvalue weighted by molar-refractivity contribution is 5.87. The minimum atomic E-state index is -0.679. The molecule has 1 saturated carbocycles. The number of hydrogen-bond donors (Lipinski definition) is 4. The zero-order valence-corrected chi connectivity index (χ0v) is 14.1. The second-order valence-electron chi connectivity index (χ2n) is 7.09. The van der Waals surface area contributed by atoms with Crippen molar-refractivity contribution >= 4 is 10.9 Å². The van der Waals surface area contributed by atoms with E-state index in [4.69, 9.17) is 0 Å². The van der Waals surface area contributed by atoms with Crippen LogP contribution in [-0.2, 0) is 0 Å². The Labute approximate surface area is 141 Å². The van der Waals surface area contributed by atoms with Gasteiger partial charge in [-0.1, -0.05) is 25.8 Å². The number of aliphatic hydroxyl groups is 1. The van der Waals surface area contributed by atoms with Gasteiger partial charge >= 0.3 is 0 Å². The van der Waals surface area contributed by atoms with Crippen molar-refractivity contribution in [3.63, 3.8) is 0 Å². The van der Waals surface area contributed by atoms with E-state index in [0.717, 1.165) is 12.5 Å². The Morgan fingerprint density at radius 1 is 1.21 bits per heavy atom. The molecule has 1 fully saturated rings. The summed E-state index contributed by atoms with van der Waals surface area (Å²) in [7, 11) is 0. The van der Waals surface area contributed by atoms with Gasteiger partial charge in [-0.05, 0) is 48.9 Å². The molecule has 0 radical (unpaired) electrons. The monoisotopic (exact) mass is 330 g/mol. The van der Waals surface area contributed by atoms with Gasteiger partial charge in [0.1, 0.15) is 5.75 Å². The normalized spacial score (nSPS) is 22.6. The Morgan fingerprint density at radius 2 is 1.96 bits per heavy atom. The zero-order chi connectivity index (χ0) is 17.1. The lowest BCUT2D eigenvalue weighted by Gasteiger charge is -2.26. The van der Waals surface area contributed by atoms with E-state index in [0.29, 0.717) is 28.9 Å². The summed E-state index contributed by atoms with van der Waals surface area (Å²) in [5.74, 6) is 1.56. The first kappa shape index (κ1) is 17.0. The Balaban J connectivity index is 1.65. The van der Waals surface area contributed by atoms with Crippen LogP contribution >= 0.6 is 0 Å². The largest absolute Gasteiger partial charge is 0.506 e. The number of fused-ring (bicyclic) bond motifs is 1. The molecule has 0 spiro atoms. The summed E-state index contributed by atoms with van der Waals surface area (Å²) >= 11 is 0. The van der Waals surface area contributed by atoms with Crippen LogP contribution in [0.2, 0.25) is 0 Å². The predicted molar refractivity (Wildman–Crippen MR) is 95.2 cm³/mol. The Morgan fingerprint density at radius 3 is 2.71 bits per heavy atom. The molecule has 0 saturated heterocycles. The summed E-state index contributed by atoms with van der Waals surface area (Å²) in [6.45, 7) is 3.70. The molecule has 0 amide bonds. The highest BCUT2D eigenvalue weighted by Crippen LogP contribution is 2.29. The minimum absolute atomic E-state index is 0.0166. The van der Waals surface area contributed by atoms with Crippen molar-refractivity contribution in [2.24, 2.45) is 11.8 Å². The fourth-order valence-corrected chi connectivity index (χ4v) is 3.62. The van der Waals surface area contributed by atoms with Crippen LogP contribution in [0.15, 0.2) is 29.1 Å². The van der Waals surface area contributed by atoms with Gasteiger partial charge in [-0.3, -0.25) is 4.79 Å². The highest BCUT2D eigenvalue weighted by atomic mass is 16.3. The topological polar surface area (TPSA) is 85.3 Å². The lowest BCUT2D eigenvalue weighted by Crippen LogP contribution is -2.29. The lowest BCUT2D eigenvalue weighted by atomic mass is 9.83. The van der Waals surface area contributed by atoms with Crippen LogP contribution in [0, 0.1) is 11.8 Å². The quantitative estimate of drug-likeness (QED) is 0.679. The predicted octanol–water partition coefficient (Wildman–Crippen LogP) is 2.68. The first-order chi connectivity index (χ1) is 11.5. The third kappa shape index (κ3) is 3.79. The van der Waals surface area contributed by atoms with Gasteiger partial charge in [-0.25, -0.2) is 0 Å². The number of hydrogen-bond acceptors (Lipinski definition) is 4. The van der Waals surface area contributed by atoms with Crippen LogP contribution in [0.5, 0.6) is 5.75 Å². The summed E-state index contributed by atoms with van der Waals surface area (Å²) < 4.78 is 0. The number of phenolic OH excluding ortho intramolecular Hbond substituents is 1. The van der Waals surface area contributed by atoms with Crippen LogP contribution in [-0.4, -0.2) is 28.3 Å². The van der Waals surface area contributed by atoms with Crippen molar-refractivity contribution in [1.29, 1.82) is 0 Å². The second kappa shape index (κ2) is 7.36. The summed E-state index contributed by atoms with van der Waals surface area (Å²) in [4.78, 5) is 14.1. The summed E-state index contributed by atoms with van der Waals surface area (Å²) in [6, 6.07) is 6.29. The second-order valence-corrected chi connectivity index (χ2v) is 7.09. The molecule has 1 aliphatic rings. The molecule has 5 nitrogen and oxygen atoms in total. The van der Waals surface area contributed by atoms with E-state index in [9.17, 15) is 15.0 Å². The zero-order valence-electron chi connectivity index (χ0n) is 14.1. The molecule has 1 aliphatic carbocycles. The SMILES string of the molecule is CC1CCC(CNC[C@H](O)c2ccc(O)c3[nH]c(=O)ccc23)CC1. The molecule has 4 N–H and O–H groups in total. The molecule has 0 unspecified atom stereocenters. The molecule has 1 aromatic carbocycles. The average molecular weight is 330 g/mol. The number of aromatic hydroxyl groups is 1. The van der Waals surface area contributed by atoms with E-state index in [1.54, 1.807) is 12.1 Å². The van der Waals surface area contributed by atoms with Crippen LogP contribution in [0.1, 0.15) is 44.3 Å². The molecule has 5 heteroatoms. The number of aromatic amines is 1. The number of H-pyrrole nitrogens is 1. The summed E-state index contributed by atoms with van der Waals surface area (Å²) in [5.41, 5.74) is 0.818. The summed E-state index contributed by atoms with van der Waals surface area (Å²) in [6.07, 6.45) is 4.43. The maximum atomic E-state index is 11.4.